The number of pyridine rings is 1. The van der Waals surface area contributed by atoms with E-state index in [1.807, 2.05) is 4.90 Å². The first-order valence-electron chi connectivity index (χ1n) is 7.23. The van der Waals surface area contributed by atoms with Crippen LogP contribution in [0.4, 0.5) is 0 Å². The highest BCUT2D eigenvalue weighted by Gasteiger charge is 2.21. The molecule has 20 heavy (non-hydrogen) atoms. The van der Waals surface area contributed by atoms with Gasteiger partial charge in [-0.3, -0.25) is 4.79 Å². The normalized spacial score (nSPS) is 19.7. The van der Waals surface area contributed by atoms with Gasteiger partial charge in [0.25, 0.3) is 5.91 Å². The summed E-state index contributed by atoms with van der Waals surface area (Å²) in [5.41, 5.74) is 0.599. The lowest BCUT2D eigenvalue weighted by Crippen LogP contribution is -2.32. The van der Waals surface area contributed by atoms with E-state index in [-0.39, 0.29) is 12.0 Å². The third-order valence-corrected chi connectivity index (χ3v) is 3.72. The molecule has 1 aliphatic rings. The molecule has 1 saturated heterocycles. The largest absolute Gasteiger partial charge is 0.378 e. The summed E-state index contributed by atoms with van der Waals surface area (Å²) in [5, 5.41) is 0.408. The molecule has 1 atom stereocenters. The van der Waals surface area contributed by atoms with Crippen LogP contribution in [0.1, 0.15) is 43.0 Å². The smallest absolute Gasteiger partial charge is 0.255 e. The van der Waals surface area contributed by atoms with Gasteiger partial charge < -0.3 is 9.64 Å². The number of amides is 1. The quantitative estimate of drug-likeness (QED) is 0.802. The number of halogens is 1. The summed E-state index contributed by atoms with van der Waals surface area (Å²) in [5.74, 6) is 0.0327. The maximum Gasteiger partial charge on any atom is 0.255 e. The molecule has 0 saturated carbocycles. The van der Waals surface area contributed by atoms with E-state index in [1.165, 1.54) is 0 Å². The topological polar surface area (TPSA) is 42.4 Å². The molecule has 0 N–H and O–H groups in total. The van der Waals surface area contributed by atoms with Crippen LogP contribution in [0.15, 0.2) is 18.3 Å². The molecule has 2 rings (SSSR count). The number of hydrogen-bond acceptors (Lipinski definition) is 3. The van der Waals surface area contributed by atoms with Crippen molar-refractivity contribution in [2.45, 2.75) is 38.7 Å². The van der Waals surface area contributed by atoms with Crippen LogP contribution < -0.4 is 0 Å². The Morgan fingerprint density at radius 1 is 1.45 bits per heavy atom. The van der Waals surface area contributed by atoms with Gasteiger partial charge in [-0.2, -0.15) is 0 Å². The second-order valence-corrected chi connectivity index (χ2v) is 5.47. The number of carbonyl (C=O) groups excluding carboxylic acids is 1. The van der Waals surface area contributed by atoms with Gasteiger partial charge in [0.15, 0.2) is 0 Å². The predicted octanol–water partition coefficient (Wildman–Crippen LogP) is 3.16. The Morgan fingerprint density at radius 3 is 3.00 bits per heavy atom. The number of rotatable bonds is 4. The third kappa shape index (κ3) is 4.18. The highest BCUT2D eigenvalue weighted by molar-refractivity contribution is 6.29. The van der Waals surface area contributed by atoms with Gasteiger partial charge in [0.05, 0.1) is 11.7 Å². The molecule has 0 aliphatic carbocycles. The standard InChI is InChI=1S/C15H21ClN2O2/c1-2-10-20-13-4-3-8-18(9-7-13)15(19)12-5-6-14(16)17-11-12/h5-6,11,13H,2-4,7-10H2,1H3/t13-/m1/s1. The van der Waals surface area contributed by atoms with Gasteiger partial charge in [-0.1, -0.05) is 18.5 Å². The zero-order valence-electron chi connectivity index (χ0n) is 11.8. The van der Waals surface area contributed by atoms with Crippen LogP contribution in [-0.4, -0.2) is 41.6 Å². The average Bonchev–Trinajstić information content (AvgIpc) is 2.70. The zero-order chi connectivity index (χ0) is 14.4. The summed E-state index contributed by atoms with van der Waals surface area (Å²) in [4.78, 5) is 18.2. The molecule has 0 aromatic carbocycles. The van der Waals surface area contributed by atoms with E-state index in [4.69, 9.17) is 16.3 Å². The van der Waals surface area contributed by atoms with E-state index in [2.05, 4.69) is 11.9 Å². The Labute approximate surface area is 125 Å². The highest BCUT2D eigenvalue weighted by atomic mass is 35.5. The first-order valence-corrected chi connectivity index (χ1v) is 7.61. The SMILES string of the molecule is CCCO[C@@H]1CCCN(C(=O)c2ccc(Cl)nc2)CC1. The van der Waals surface area contributed by atoms with Crippen LogP contribution in [0.2, 0.25) is 5.15 Å². The molecule has 0 unspecified atom stereocenters. The summed E-state index contributed by atoms with van der Waals surface area (Å²) in [6, 6.07) is 3.38. The number of aromatic nitrogens is 1. The summed E-state index contributed by atoms with van der Waals surface area (Å²) in [7, 11) is 0. The second kappa shape index (κ2) is 7.60. The number of carbonyl (C=O) groups is 1. The second-order valence-electron chi connectivity index (χ2n) is 5.09. The molecule has 1 aliphatic heterocycles. The maximum absolute atomic E-state index is 12.4. The first kappa shape index (κ1) is 15.3. The Morgan fingerprint density at radius 2 is 2.30 bits per heavy atom. The van der Waals surface area contributed by atoms with Gasteiger partial charge >= 0.3 is 0 Å². The molecule has 1 aromatic heterocycles. The average molecular weight is 297 g/mol. The van der Waals surface area contributed by atoms with E-state index in [1.54, 1.807) is 18.3 Å². The van der Waals surface area contributed by atoms with Crippen LogP contribution >= 0.6 is 11.6 Å². The van der Waals surface area contributed by atoms with E-state index in [0.29, 0.717) is 10.7 Å². The molecule has 0 bridgehead atoms. The van der Waals surface area contributed by atoms with Crippen molar-refractivity contribution in [1.29, 1.82) is 0 Å². The molecule has 2 heterocycles. The molecular weight excluding hydrogens is 276 g/mol. The van der Waals surface area contributed by atoms with Gasteiger partial charge in [0.1, 0.15) is 5.15 Å². The van der Waals surface area contributed by atoms with E-state index in [0.717, 1.165) is 45.4 Å². The van der Waals surface area contributed by atoms with Gasteiger partial charge in [-0.05, 0) is 37.8 Å². The van der Waals surface area contributed by atoms with E-state index >= 15 is 0 Å². The Hall–Kier alpha value is -1.13. The lowest BCUT2D eigenvalue weighted by Gasteiger charge is -2.20. The summed E-state index contributed by atoms with van der Waals surface area (Å²) < 4.78 is 5.79. The van der Waals surface area contributed by atoms with Gasteiger partial charge in [-0.15, -0.1) is 0 Å². The van der Waals surface area contributed by atoms with Gasteiger partial charge in [-0.25, -0.2) is 4.98 Å². The fourth-order valence-electron chi connectivity index (χ4n) is 2.40. The third-order valence-electron chi connectivity index (χ3n) is 3.49. The highest BCUT2D eigenvalue weighted by Crippen LogP contribution is 2.17. The minimum atomic E-state index is 0.0327. The molecule has 1 aromatic rings. The number of nitrogens with zero attached hydrogens (tertiary/aromatic N) is 2. The van der Waals surface area contributed by atoms with Gasteiger partial charge in [0.2, 0.25) is 0 Å². The van der Waals surface area contributed by atoms with Crippen LogP contribution in [0.25, 0.3) is 0 Å². The maximum atomic E-state index is 12.4. The Balaban J connectivity index is 1.92. The van der Waals surface area contributed by atoms with Crippen molar-refractivity contribution >= 4 is 17.5 Å². The van der Waals surface area contributed by atoms with Crippen molar-refractivity contribution in [3.63, 3.8) is 0 Å². The van der Waals surface area contributed by atoms with Crippen molar-refractivity contribution in [3.05, 3.63) is 29.0 Å². The van der Waals surface area contributed by atoms with Crippen molar-refractivity contribution < 1.29 is 9.53 Å². The molecule has 4 nitrogen and oxygen atoms in total. The fourth-order valence-corrected chi connectivity index (χ4v) is 2.52. The number of likely N-dealkylation sites (tertiary alicyclic amines) is 1. The number of hydrogen-bond donors (Lipinski definition) is 0. The van der Waals surface area contributed by atoms with Gasteiger partial charge in [0, 0.05) is 25.9 Å². The number of ether oxygens (including phenoxy) is 1. The molecule has 5 heteroatoms. The van der Waals surface area contributed by atoms with Crippen LogP contribution in [0, 0.1) is 0 Å². The van der Waals surface area contributed by atoms with Crippen molar-refractivity contribution in [2.75, 3.05) is 19.7 Å². The predicted molar refractivity (Wildman–Crippen MR) is 79.0 cm³/mol. The molecule has 1 amide bonds. The fraction of sp³-hybridized carbons (Fsp3) is 0.600. The van der Waals surface area contributed by atoms with Crippen LogP contribution in [0.3, 0.4) is 0 Å². The van der Waals surface area contributed by atoms with Crippen molar-refractivity contribution in [3.8, 4) is 0 Å². The van der Waals surface area contributed by atoms with Crippen molar-refractivity contribution in [1.82, 2.24) is 9.88 Å². The zero-order valence-corrected chi connectivity index (χ0v) is 12.6. The monoisotopic (exact) mass is 296 g/mol. The summed E-state index contributed by atoms with van der Waals surface area (Å²) in [6.45, 7) is 4.45. The Bertz CT molecular complexity index is 436. The first-order chi connectivity index (χ1) is 9.70. The van der Waals surface area contributed by atoms with Crippen LogP contribution in [-0.2, 0) is 4.74 Å². The molecule has 1 fully saturated rings. The molecule has 0 spiro atoms. The van der Waals surface area contributed by atoms with Crippen molar-refractivity contribution in [2.24, 2.45) is 0 Å². The molecule has 0 radical (unpaired) electrons. The lowest BCUT2D eigenvalue weighted by molar-refractivity contribution is 0.0432. The van der Waals surface area contributed by atoms with Crippen LogP contribution in [0.5, 0.6) is 0 Å². The molecule has 110 valence electrons. The Kier molecular flexibility index (Phi) is 5.80. The minimum Gasteiger partial charge on any atom is -0.378 e. The minimum absolute atomic E-state index is 0.0327. The summed E-state index contributed by atoms with van der Waals surface area (Å²) in [6.07, 6.45) is 5.79. The lowest BCUT2D eigenvalue weighted by atomic mass is 10.1. The molecular formula is C15H21ClN2O2. The van der Waals surface area contributed by atoms with E-state index < -0.39 is 0 Å². The summed E-state index contributed by atoms with van der Waals surface area (Å²) >= 11 is 5.74. The van der Waals surface area contributed by atoms with E-state index in [9.17, 15) is 4.79 Å².